The maximum absolute atomic E-state index is 10.7. The minimum absolute atomic E-state index is 0.0268. The van der Waals surface area contributed by atoms with Crippen LogP contribution < -0.4 is 0 Å². The highest BCUT2D eigenvalue weighted by atomic mass is 16.1. The first-order valence-corrected chi connectivity index (χ1v) is 6.83. The number of hydrogen-bond acceptors (Lipinski definition) is 1. The third-order valence-electron chi connectivity index (χ3n) is 3.63. The van der Waals surface area contributed by atoms with E-state index in [2.05, 4.69) is 42.5 Å². The van der Waals surface area contributed by atoms with Gasteiger partial charge in [0.1, 0.15) is 6.29 Å². The summed E-state index contributed by atoms with van der Waals surface area (Å²) in [5.41, 5.74) is 3.96. The van der Waals surface area contributed by atoms with Gasteiger partial charge >= 0.3 is 0 Å². The first-order valence-electron chi connectivity index (χ1n) is 6.83. The van der Waals surface area contributed by atoms with E-state index in [4.69, 9.17) is 0 Å². The van der Waals surface area contributed by atoms with Crippen molar-refractivity contribution in [3.8, 4) is 11.1 Å². The van der Waals surface area contributed by atoms with Crippen LogP contribution in [-0.4, -0.2) is 6.29 Å². The van der Waals surface area contributed by atoms with Gasteiger partial charge in [0.2, 0.25) is 0 Å². The molecule has 2 aliphatic carbocycles. The Morgan fingerprint density at radius 2 is 1.50 bits per heavy atom. The van der Waals surface area contributed by atoms with Crippen LogP contribution in [0.1, 0.15) is 18.4 Å². The lowest BCUT2D eigenvalue weighted by molar-refractivity contribution is -0.108. The number of carbonyl (C=O) groups excluding carboxylic acids is 1. The van der Waals surface area contributed by atoms with Crippen molar-refractivity contribution in [2.75, 3.05) is 0 Å². The maximum atomic E-state index is 10.7. The molecule has 0 radical (unpaired) electrons. The van der Waals surface area contributed by atoms with Crippen molar-refractivity contribution in [1.82, 2.24) is 0 Å². The molecule has 0 fully saturated rings. The van der Waals surface area contributed by atoms with E-state index in [1.165, 1.54) is 21.9 Å². The molecule has 2 aromatic rings. The minimum atomic E-state index is -0.0268. The molecule has 0 spiro atoms. The number of rotatable bonds is 2. The van der Waals surface area contributed by atoms with E-state index in [-0.39, 0.29) is 5.92 Å². The van der Waals surface area contributed by atoms with E-state index in [0.717, 1.165) is 11.8 Å². The monoisotopic (exact) mass is 260 g/mol. The maximum Gasteiger partial charge on any atom is 0.127 e. The van der Waals surface area contributed by atoms with E-state index in [1.807, 2.05) is 31.2 Å². The topological polar surface area (TPSA) is 17.1 Å². The predicted octanol–water partition coefficient (Wildman–Crippen LogP) is 4.81. The van der Waals surface area contributed by atoms with Crippen molar-refractivity contribution >= 4 is 17.1 Å². The summed E-state index contributed by atoms with van der Waals surface area (Å²) in [7, 11) is 0. The van der Waals surface area contributed by atoms with Gasteiger partial charge in [-0.05, 0) is 33.5 Å². The molecule has 2 aliphatic rings. The van der Waals surface area contributed by atoms with Crippen molar-refractivity contribution in [2.45, 2.75) is 12.8 Å². The van der Waals surface area contributed by atoms with Crippen LogP contribution in [0.3, 0.4) is 0 Å². The summed E-state index contributed by atoms with van der Waals surface area (Å²) in [6, 6.07) is 22.7. The molecular weight excluding hydrogens is 244 g/mol. The van der Waals surface area contributed by atoms with Crippen molar-refractivity contribution in [3.63, 3.8) is 0 Å². The highest BCUT2D eigenvalue weighted by Gasteiger charge is 2.07. The van der Waals surface area contributed by atoms with E-state index in [9.17, 15) is 4.79 Å². The fourth-order valence-electron chi connectivity index (χ4n) is 2.40. The molecule has 1 heteroatoms. The van der Waals surface area contributed by atoms with Gasteiger partial charge in [-0.25, -0.2) is 0 Å². The Morgan fingerprint density at radius 1 is 0.850 bits per heavy atom. The van der Waals surface area contributed by atoms with E-state index < -0.39 is 0 Å². The molecule has 98 valence electrons. The largest absolute Gasteiger partial charge is 0.303 e. The Kier molecular flexibility index (Phi) is 3.34. The smallest absolute Gasteiger partial charge is 0.127 e. The molecule has 0 saturated carbocycles. The molecule has 1 unspecified atom stereocenters. The molecule has 0 heterocycles. The zero-order valence-corrected chi connectivity index (χ0v) is 11.4. The van der Waals surface area contributed by atoms with Gasteiger partial charge < -0.3 is 4.79 Å². The van der Waals surface area contributed by atoms with Gasteiger partial charge in [0, 0.05) is 5.92 Å². The Morgan fingerprint density at radius 3 is 2.10 bits per heavy atom. The van der Waals surface area contributed by atoms with Crippen LogP contribution in [-0.2, 0) is 4.79 Å². The molecule has 1 atom stereocenters. The van der Waals surface area contributed by atoms with E-state index in [0.29, 0.717) is 0 Å². The summed E-state index contributed by atoms with van der Waals surface area (Å²) in [6.07, 6.45) is 0.988. The van der Waals surface area contributed by atoms with Crippen LogP contribution in [0.2, 0.25) is 0 Å². The molecule has 0 bridgehead atoms. The third kappa shape index (κ3) is 2.48. The quantitative estimate of drug-likeness (QED) is 0.473. The Labute approximate surface area is 118 Å². The summed E-state index contributed by atoms with van der Waals surface area (Å²) >= 11 is 0. The predicted molar refractivity (Wildman–Crippen MR) is 83.9 cm³/mol. The molecule has 0 saturated heterocycles. The summed E-state index contributed by atoms with van der Waals surface area (Å²) in [5, 5.41) is 2.37. The van der Waals surface area contributed by atoms with Crippen LogP contribution in [0, 0.1) is 0 Å². The molecule has 4 rings (SSSR count). The SMILES string of the molecule is CC(C=O)c1cccc2ccccc12.c1cc2cc-2c1. The normalized spacial score (nSPS) is 12.2. The lowest BCUT2D eigenvalue weighted by atomic mass is 9.96. The molecule has 0 aromatic heterocycles. The second-order valence-electron chi connectivity index (χ2n) is 5.07. The van der Waals surface area contributed by atoms with Crippen LogP contribution >= 0.6 is 0 Å². The summed E-state index contributed by atoms with van der Waals surface area (Å²) in [6.45, 7) is 1.93. The average molecular weight is 260 g/mol. The lowest BCUT2D eigenvalue weighted by Gasteiger charge is -2.08. The van der Waals surface area contributed by atoms with Crippen LogP contribution in [0.4, 0.5) is 0 Å². The van der Waals surface area contributed by atoms with Crippen molar-refractivity contribution in [2.24, 2.45) is 0 Å². The third-order valence-corrected chi connectivity index (χ3v) is 3.63. The van der Waals surface area contributed by atoms with Crippen LogP contribution in [0.5, 0.6) is 0 Å². The highest BCUT2D eigenvalue weighted by molar-refractivity contribution is 5.88. The van der Waals surface area contributed by atoms with E-state index >= 15 is 0 Å². The van der Waals surface area contributed by atoms with Crippen molar-refractivity contribution in [1.29, 1.82) is 0 Å². The van der Waals surface area contributed by atoms with Gasteiger partial charge in [-0.15, -0.1) is 0 Å². The second kappa shape index (κ2) is 5.30. The second-order valence-corrected chi connectivity index (χ2v) is 5.07. The summed E-state index contributed by atoms with van der Waals surface area (Å²) in [4.78, 5) is 10.7. The number of benzene rings is 3. The number of aldehydes is 1. The van der Waals surface area contributed by atoms with E-state index in [1.54, 1.807) is 0 Å². The Balaban J connectivity index is 0.000000165. The molecule has 0 amide bonds. The molecule has 0 aliphatic heterocycles. The van der Waals surface area contributed by atoms with Crippen molar-refractivity contribution in [3.05, 3.63) is 72.3 Å². The molecular formula is C19H16O. The van der Waals surface area contributed by atoms with Gasteiger partial charge in [0.25, 0.3) is 0 Å². The minimum Gasteiger partial charge on any atom is -0.303 e. The Bertz CT molecular complexity index is 736. The standard InChI is InChI=1S/C13H12O.C6H4/c1-10(9-14)12-8-4-6-11-5-2-3-7-13(11)12;1-2-5-4-6(5)3-1/h2-10H,1H3;1-4H. The molecule has 1 nitrogen and oxygen atoms in total. The summed E-state index contributed by atoms with van der Waals surface area (Å²) in [5.74, 6) is -0.0268. The number of hydrogen-bond donors (Lipinski definition) is 0. The molecule has 0 N–H and O–H groups in total. The first-order chi connectivity index (χ1) is 9.79. The molecule has 2 aromatic carbocycles. The fraction of sp³-hybridized carbons (Fsp3) is 0.105. The van der Waals surface area contributed by atoms with Gasteiger partial charge in [0.05, 0.1) is 0 Å². The average Bonchev–Trinajstić information content (AvgIpc) is 3.12. The highest BCUT2D eigenvalue weighted by Crippen LogP contribution is 2.32. The van der Waals surface area contributed by atoms with Crippen molar-refractivity contribution < 1.29 is 4.79 Å². The summed E-state index contributed by atoms with van der Waals surface area (Å²) < 4.78 is 0. The van der Waals surface area contributed by atoms with Gasteiger partial charge in [0.15, 0.2) is 0 Å². The lowest BCUT2D eigenvalue weighted by Crippen LogP contribution is -1.94. The first kappa shape index (κ1) is 12.6. The molecule has 20 heavy (non-hydrogen) atoms. The van der Waals surface area contributed by atoms with Gasteiger partial charge in [-0.1, -0.05) is 67.6 Å². The van der Waals surface area contributed by atoms with Crippen LogP contribution in [0.15, 0.2) is 66.7 Å². The number of carbonyl (C=O) groups is 1. The van der Waals surface area contributed by atoms with Crippen LogP contribution in [0.25, 0.3) is 21.9 Å². The number of fused-ring (bicyclic) bond motifs is 2. The zero-order chi connectivity index (χ0) is 13.9. The fourth-order valence-corrected chi connectivity index (χ4v) is 2.40. The van der Waals surface area contributed by atoms with Gasteiger partial charge in [-0.3, -0.25) is 0 Å². The van der Waals surface area contributed by atoms with Gasteiger partial charge in [-0.2, -0.15) is 0 Å². The Hall–Kier alpha value is -2.41. The zero-order valence-electron chi connectivity index (χ0n) is 11.4.